The fraction of sp³-hybridized carbons (Fsp3) is 0.375. The number of piperazine rings is 1. The summed E-state index contributed by atoms with van der Waals surface area (Å²) in [6, 6.07) is 11.4. The number of anilines is 1. The molecule has 0 saturated carbocycles. The van der Waals surface area contributed by atoms with Crippen LogP contribution in [0.5, 0.6) is 0 Å². The van der Waals surface area contributed by atoms with E-state index in [1.807, 2.05) is 25.1 Å². The van der Waals surface area contributed by atoms with Crippen molar-refractivity contribution >= 4 is 32.1 Å². The highest BCUT2D eigenvalue weighted by molar-refractivity contribution is 7.91. The van der Waals surface area contributed by atoms with Gasteiger partial charge in [0.15, 0.2) is 5.65 Å². The topological polar surface area (TPSA) is 104 Å². The molecule has 2 aromatic carbocycles. The lowest BCUT2D eigenvalue weighted by Crippen LogP contribution is -2.50. The average molecular weight is 479 g/mol. The number of nitrogens with one attached hydrogen (secondary N) is 1. The summed E-state index contributed by atoms with van der Waals surface area (Å²) in [5.74, 6) is 0. The summed E-state index contributed by atoms with van der Waals surface area (Å²) in [5, 5.41) is 7.07. The number of nitrogens with zero attached hydrogens (tertiary/aromatic N) is 5. The maximum Gasteiger partial charge on any atom is 0.281 e. The molecule has 176 valence electrons. The van der Waals surface area contributed by atoms with Gasteiger partial charge in [0.2, 0.25) is 14.9 Å². The molecule has 4 heterocycles. The molecule has 1 atom stereocenters. The third kappa shape index (κ3) is 3.24. The molecule has 2 aromatic heterocycles. The largest absolute Gasteiger partial charge is 0.369 e. The normalized spacial score (nSPS) is 19.2. The van der Waals surface area contributed by atoms with E-state index in [2.05, 4.69) is 25.1 Å². The summed E-state index contributed by atoms with van der Waals surface area (Å²) < 4.78 is 28.4. The van der Waals surface area contributed by atoms with E-state index in [-0.39, 0.29) is 15.6 Å². The molecule has 1 N–H and O–H groups in total. The average Bonchev–Trinajstić information content (AvgIpc) is 3.45. The van der Waals surface area contributed by atoms with Crippen molar-refractivity contribution in [2.24, 2.45) is 0 Å². The Morgan fingerprint density at radius 2 is 1.91 bits per heavy atom. The van der Waals surface area contributed by atoms with Gasteiger partial charge in [0.1, 0.15) is 0 Å². The molecule has 0 bridgehead atoms. The van der Waals surface area contributed by atoms with Gasteiger partial charge in [-0.3, -0.25) is 9.69 Å². The quantitative estimate of drug-likeness (QED) is 0.482. The van der Waals surface area contributed by atoms with Gasteiger partial charge in [0.25, 0.3) is 5.56 Å². The molecule has 2 aliphatic rings. The smallest absolute Gasteiger partial charge is 0.281 e. The standard InChI is InChI=1S/C24H26N6O3S/c1-15-5-8-21(16(2)12-15)34(32,33)24-22-25-23(31)19-7-6-17(13-20(19)30(22)27-26-24)29-11-10-28-9-3-4-18(28)14-29/h5-8,12-13,18,27H,3-4,9-11,14H2,1-2H3. The first kappa shape index (κ1) is 21.3. The highest BCUT2D eigenvalue weighted by Gasteiger charge is 2.31. The molecule has 4 aromatic rings. The zero-order chi connectivity index (χ0) is 23.6. The number of hydrogen-bond donors (Lipinski definition) is 1. The number of hydrogen-bond acceptors (Lipinski definition) is 7. The highest BCUT2D eigenvalue weighted by Crippen LogP contribution is 2.29. The molecule has 0 aliphatic carbocycles. The summed E-state index contributed by atoms with van der Waals surface area (Å²) in [6.07, 6.45) is 2.45. The molecule has 2 saturated heterocycles. The minimum absolute atomic E-state index is 0.00948. The Bertz CT molecular complexity index is 1610. The van der Waals surface area contributed by atoms with Gasteiger partial charge in [-0.05, 0) is 63.1 Å². The molecule has 10 heteroatoms. The lowest BCUT2D eigenvalue weighted by atomic mass is 10.1. The first-order chi connectivity index (χ1) is 16.3. The minimum Gasteiger partial charge on any atom is -0.369 e. The second kappa shape index (κ2) is 7.64. The zero-order valence-electron chi connectivity index (χ0n) is 19.2. The lowest BCUT2D eigenvalue weighted by Gasteiger charge is -2.38. The van der Waals surface area contributed by atoms with Gasteiger partial charge < -0.3 is 4.90 Å². The Balaban J connectivity index is 1.48. The third-order valence-electron chi connectivity index (χ3n) is 7.14. The minimum atomic E-state index is -3.98. The fourth-order valence-corrected chi connectivity index (χ4v) is 6.88. The Labute approximate surface area is 196 Å². The van der Waals surface area contributed by atoms with E-state index in [0.29, 0.717) is 22.5 Å². The van der Waals surface area contributed by atoms with Crippen LogP contribution in [-0.4, -0.2) is 65.4 Å². The molecule has 2 fully saturated rings. The Morgan fingerprint density at radius 3 is 2.74 bits per heavy atom. The molecule has 2 aliphatic heterocycles. The van der Waals surface area contributed by atoms with Gasteiger partial charge in [-0.15, -0.1) is 5.10 Å². The van der Waals surface area contributed by atoms with E-state index in [1.54, 1.807) is 25.1 Å². The number of H-pyrrole nitrogens is 1. The van der Waals surface area contributed by atoms with E-state index in [9.17, 15) is 13.2 Å². The third-order valence-corrected chi connectivity index (χ3v) is 8.96. The highest BCUT2D eigenvalue weighted by atomic mass is 32.2. The molecule has 6 rings (SSSR count). The van der Waals surface area contributed by atoms with E-state index in [0.717, 1.165) is 30.9 Å². The molecule has 0 radical (unpaired) electrons. The zero-order valence-corrected chi connectivity index (χ0v) is 20.0. The van der Waals surface area contributed by atoms with Crippen LogP contribution >= 0.6 is 0 Å². The van der Waals surface area contributed by atoms with E-state index < -0.39 is 15.4 Å². The molecular weight excluding hydrogens is 452 g/mol. The summed E-state index contributed by atoms with van der Waals surface area (Å²) >= 11 is 0. The molecule has 0 amide bonds. The summed E-state index contributed by atoms with van der Waals surface area (Å²) in [4.78, 5) is 22.0. The van der Waals surface area contributed by atoms with Crippen LogP contribution in [0.4, 0.5) is 5.69 Å². The van der Waals surface area contributed by atoms with Gasteiger partial charge in [-0.2, -0.15) is 4.98 Å². The van der Waals surface area contributed by atoms with Crippen molar-refractivity contribution in [1.29, 1.82) is 0 Å². The number of benzene rings is 2. The first-order valence-corrected chi connectivity index (χ1v) is 13.0. The number of sulfone groups is 1. The van der Waals surface area contributed by atoms with Gasteiger partial charge in [-0.25, -0.2) is 18.1 Å². The van der Waals surface area contributed by atoms with Crippen molar-refractivity contribution < 1.29 is 8.42 Å². The van der Waals surface area contributed by atoms with Gasteiger partial charge in [0, 0.05) is 31.4 Å². The number of rotatable bonds is 3. The number of aromatic amines is 1. The molecule has 0 spiro atoms. The van der Waals surface area contributed by atoms with Crippen LogP contribution in [0, 0.1) is 13.8 Å². The second-order valence-electron chi connectivity index (χ2n) is 9.34. The van der Waals surface area contributed by atoms with Crippen molar-refractivity contribution in [2.75, 3.05) is 31.1 Å². The predicted octanol–water partition coefficient (Wildman–Crippen LogP) is 2.30. The summed E-state index contributed by atoms with van der Waals surface area (Å²) in [7, 11) is -3.98. The molecule has 34 heavy (non-hydrogen) atoms. The van der Waals surface area contributed by atoms with Crippen LogP contribution in [0.3, 0.4) is 0 Å². The number of fused-ring (bicyclic) bond motifs is 4. The van der Waals surface area contributed by atoms with Crippen LogP contribution in [-0.2, 0) is 9.84 Å². The number of aromatic nitrogens is 4. The van der Waals surface area contributed by atoms with E-state index in [4.69, 9.17) is 0 Å². The van der Waals surface area contributed by atoms with Crippen LogP contribution < -0.4 is 10.5 Å². The monoisotopic (exact) mass is 478 g/mol. The number of aryl methyl sites for hydroxylation is 2. The molecular formula is C24H26N6O3S. The van der Waals surface area contributed by atoms with Crippen LogP contribution in [0.2, 0.25) is 0 Å². The molecule has 1 unspecified atom stereocenters. The van der Waals surface area contributed by atoms with E-state index >= 15 is 0 Å². The van der Waals surface area contributed by atoms with Crippen LogP contribution in [0.25, 0.3) is 16.6 Å². The lowest BCUT2D eigenvalue weighted by molar-refractivity contribution is 0.231. The molecule has 9 nitrogen and oxygen atoms in total. The SMILES string of the molecule is Cc1ccc(S(=O)(=O)c2n[nH]n3c2nc(=O)c2ccc(N4CCN5CCCC5C4)cc23)c(C)c1. The first-order valence-electron chi connectivity index (χ1n) is 11.6. The Hall–Kier alpha value is -3.24. The van der Waals surface area contributed by atoms with Crippen molar-refractivity contribution in [1.82, 2.24) is 24.7 Å². The Morgan fingerprint density at radius 1 is 1.06 bits per heavy atom. The van der Waals surface area contributed by atoms with Gasteiger partial charge >= 0.3 is 0 Å². The van der Waals surface area contributed by atoms with Crippen molar-refractivity contribution in [3.05, 3.63) is 57.9 Å². The van der Waals surface area contributed by atoms with Crippen molar-refractivity contribution in [2.45, 2.75) is 42.7 Å². The van der Waals surface area contributed by atoms with E-state index in [1.165, 1.54) is 23.9 Å². The van der Waals surface area contributed by atoms with Crippen LogP contribution in [0.15, 0.2) is 51.1 Å². The Kier molecular flexibility index (Phi) is 4.79. The van der Waals surface area contributed by atoms with Gasteiger partial charge in [0.05, 0.1) is 15.8 Å². The summed E-state index contributed by atoms with van der Waals surface area (Å²) in [5.41, 5.74) is 2.70. The maximum absolute atomic E-state index is 13.5. The van der Waals surface area contributed by atoms with Crippen LogP contribution in [0.1, 0.15) is 24.0 Å². The second-order valence-corrected chi connectivity index (χ2v) is 11.2. The maximum atomic E-state index is 13.5. The van der Waals surface area contributed by atoms with Crippen molar-refractivity contribution in [3.8, 4) is 0 Å². The fourth-order valence-electron chi connectivity index (χ4n) is 5.40. The van der Waals surface area contributed by atoms with Gasteiger partial charge in [-0.1, -0.05) is 17.7 Å². The summed E-state index contributed by atoms with van der Waals surface area (Å²) in [6.45, 7) is 7.72. The predicted molar refractivity (Wildman–Crippen MR) is 129 cm³/mol. The van der Waals surface area contributed by atoms with Crippen molar-refractivity contribution in [3.63, 3.8) is 0 Å².